The molecule has 0 aliphatic rings. The molecule has 8 heteroatoms. The molecule has 0 unspecified atom stereocenters. The van der Waals surface area contributed by atoms with Gasteiger partial charge in [0.05, 0.1) is 18.3 Å². The number of hydrogen-bond donors (Lipinski definition) is 2. The van der Waals surface area contributed by atoms with Crippen LogP contribution in [0, 0.1) is 0 Å². The van der Waals surface area contributed by atoms with E-state index in [-0.39, 0.29) is 17.7 Å². The Morgan fingerprint density at radius 1 is 1.00 bits per heavy atom. The maximum atomic E-state index is 12.5. The van der Waals surface area contributed by atoms with Gasteiger partial charge in [-0.25, -0.2) is 0 Å². The number of amides is 1. The SMILES string of the molecule is C[C@H](N[C@H](c1ccccc1)c1ccco1)C(=O)Nc1ccc(OC(F)(F)F)cc1. The molecule has 3 rings (SSSR count). The van der Waals surface area contributed by atoms with Crippen LogP contribution in [0.2, 0.25) is 0 Å². The van der Waals surface area contributed by atoms with Gasteiger partial charge >= 0.3 is 6.36 Å². The van der Waals surface area contributed by atoms with E-state index in [9.17, 15) is 18.0 Å². The Bertz CT molecular complexity index is 911. The molecule has 0 aliphatic heterocycles. The van der Waals surface area contributed by atoms with Gasteiger partial charge in [0.15, 0.2) is 0 Å². The Morgan fingerprint density at radius 3 is 2.28 bits per heavy atom. The highest BCUT2D eigenvalue weighted by Gasteiger charge is 2.31. The predicted molar refractivity (Wildman–Crippen MR) is 101 cm³/mol. The normalized spacial score (nSPS) is 13.5. The van der Waals surface area contributed by atoms with E-state index in [4.69, 9.17) is 4.42 Å². The van der Waals surface area contributed by atoms with E-state index in [0.717, 1.165) is 17.7 Å². The number of anilines is 1. The number of benzene rings is 2. The van der Waals surface area contributed by atoms with Crippen molar-refractivity contribution in [3.05, 3.63) is 84.3 Å². The summed E-state index contributed by atoms with van der Waals surface area (Å²) in [6, 6.07) is 17.1. The van der Waals surface area contributed by atoms with Crippen molar-refractivity contribution in [3.8, 4) is 5.75 Å². The average Bonchev–Trinajstić information content (AvgIpc) is 3.21. The number of alkyl halides is 3. The second-order valence-corrected chi connectivity index (χ2v) is 6.31. The number of carbonyl (C=O) groups excluding carboxylic acids is 1. The minimum Gasteiger partial charge on any atom is -0.467 e. The first-order chi connectivity index (χ1) is 13.8. The molecule has 1 aromatic heterocycles. The summed E-state index contributed by atoms with van der Waals surface area (Å²) in [5.41, 5.74) is 1.28. The van der Waals surface area contributed by atoms with Crippen LogP contribution in [0.15, 0.2) is 77.4 Å². The zero-order valence-electron chi connectivity index (χ0n) is 15.4. The van der Waals surface area contributed by atoms with Crippen LogP contribution in [0.25, 0.3) is 0 Å². The fourth-order valence-corrected chi connectivity index (χ4v) is 2.76. The van der Waals surface area contributed by atoms with Gasteiger partial charge in [-0.05, 0) is 48.9 Å². The lowest BCUT2D eigenvalue weighted by atomic mass is 10.0. The summed E-state index contributed by atoms with van der Waals surface area (Å²) < 4.78 is 46.0. The van der Waals surface area contributed by atoms with Crippen molar-refractivity contribution >= 4 is 11.6 Å². The Morgan fingerprint density at radius 2 is 1.69 bits per heavy atom. The summed E-state index contributed by atoms with van der Waals surface area (Å²) in [4.78, 5) is 12.5. The van der Waals surface area contributed by atoms with Crippen molar-refractivity contribution < 1.29 is 27.1 Å². The van der Waals surface area contributed by atoms with E-state index in [1.54, 1.807) is 19.3 Å². The summed E-state index contributed by atoms with van der Waals surface area (Å²) in [6.45, 7) is 1.69. The number of rotatable bonds is 7. The molecular formula is C21H19F3N2O3. The molecule has 0 fully saturated rings. The molecule has 1 heterocycles. The van der Waals surface area contributed by atoms with Crippen LogP contribution in [0.1, 0.15) is 24.3 Å². The molecule has 5 nitrogen and oxygen atoms in total. The summed E-state index contributed by atoms with van der Waals surface area (Å²) in [5, 5.41) is 5.88. The zero-order chi connectivity index (χ0) is 20.9. The molecular weight excluding hydrogens is 385 g/mol. The van der Waals surface area contributed by atoms with Crippen LogP contribution in [0.3, 0.4) is 0 Å². The van der Waals surface area contributed by atoms with Crippen molar-refractivity contribution in [1.82, 2.24) is 5.32 Å². The van der Waals surface area contributed by atoms with E-state index in [2.05, 4.69) is 15.4 Å². The lowest BCUT2D eigenvalue weighted by molar-refractivity contribution is -0.274. The second-order valence-electron chi connectivity index (χ2n) is 6.31. The Kier molecular flexibility index (Phi) is 6.23. The van der Waals surface area contributed by atoms with Gasteiger partial charge in [0.2, 0.25) is 5.91 Å². The van der Waals surface area contributed by atoms with E-state index < -0.39 is 12.4 Å². The van der Waals surface area contributed by atoms with E-state index in [1.807, 2.05) is 36.4 Å². The van der Waals surface area contributed by atoms with Gasteiger partial charge in [0, 0.05) is 5.69 Å². The topological polar surface area (TPSA) is 63.5 Å². The molecule has 1 amide bonds. The molecule has 0 spiro atoms. The monoisotopic (exact) mass is 404 g/mol. The third kappa shape index (κ3) is 5.86. The smallest absolute Gasteiger partial charge is 0.467 e. The lowest BCUT2D eigenvalue weighted by Gasteiger charge is -2.22. The number of ether oxygens (including phenoxy) is 1. The third-order valence-corrected chi connectivity index (χ3v) is 4.13. The molecule has 29 heavy (non-hydrogen) atoms. The molecule has 0 saturated carbocycles. The van der Waals surface area contributed by atoms with Gasteiger partial charge in [-0.1, -0.05) is 30.3 Å². The average molecular weight is 404 g/mol. The van der Waals surface area contributed by atoms with E-state index >= 15 is 0 Å². The maximum absolute atomic E-state index is 12.5. The van der Waals surface area contributed by atoms with Crippen LogP contribution in [-0.2, 0) is 4.79 Å². The highest BCUT2D eigenvalue weighted by molar-refractivity contribution is 5.94. The number of furan rings is 1. The molecule has 3 aromatic rings. The van der Waals surface area contributed by atoms with Crippen LogP contribution >= 0.6 is 0 Å². The Hall–Kier alpha value is -3.26. The molecule has 152 valence electrons. The number of carbonyl (C=O) groups is 1. The third-order valence-electron chi connectivity index (χ3n) is 4.13. The second kappa shape index (κ2) is 8.83. The summed E-state index contributed by atoms with van der Waals surface area (Å²) in [7, 11) is 0. The number of hydrogen-bond acceptors (Lipinski definition) is 4. The fraction of sp³-hybridized carbons (Fsp3) is 0.190. The van der Waals surface area contributed by atoms with Gasteiger partial charge in [-0.2, -0.15) is 0 Å². The highest BCUT2D eigenvalue weighted by Crippen LogP contribution is 2.25. The van der Waals surface area contributed by atoms with Crippen molar-refractivity contribution in [2.45, 2.75) is 25.4 Å². The molecule has 2 atom stereocenters. The highest BCUT2D eigenvalue weighted by atomic mass is 19.4. The molecule has 0 bridgehead atoms. The molecule has 0 aliphatic carbocycles. The van der Waals surface area contributed by atoms with Gasteiger partial charge in [-0.3, -0.25) is 10.1 Å². The quantitative estimate of drug-likeness (QED) is 0.589. The van der Waals surface area contributed by atoms with Crippen LogP contribution in [0.4, 0.5) is 18.9 Å². The van der Waals surface area contributed by atoms with Gasteiger partial charge < -0.3 is 14.5 Å². The first-order valence-corrected chi connectivity index (χ1v) is 8.83. The predicted octanol–water partition coefficient (Wildman–Crippen LogP) is 4.88. The van der Waals surface area contributed by atoms with Crippen molar-refractivity contribution in [1.29, 1.82) is 0 Å². The van der Waals surface area contributed by atoms with Crippen LogP contribution < -0.4 is 15.4 Å². The minimum atomic E-state index is -4.76. The molecule has 2 N–H and O–H groups in total. The lowest BCUT2D eigenvalue weighted by Crippen LogP contribution is -2.40. The van der Waals surface area contributed by atoms with E-state index in [0.29, 0.717) is 11.4 Å². The largest absolute Gasteiger partial charge is 0.573 e. The standard InChI is InChI=1S/C21H19F3N2O3/c1-14(20(27)26-16-9-11-17(12-10-16)29-21(22,23)24)25-19(18-8-5-13-28-18)15-6-3-2-4-7-15/h2-14,19,25H,1H3,(H,26,27)/t14-,19+/m0/s1. The summed E-state index contributed by atoms with van der Waals surface area (Å²) in [5.74, 6) is -0.0462. The molecule has 0 radical (unpaired) electrons. The number of halogens is 3. The van der Waals surface area contributed by atoms with Crippen molar-refractivity contribution in [3.63, 3.8) is 0 Å². The Balaban J connectivity index is 1.66. The molecule has 0 saturated heterocycles. The fourth-order valence-electron chi connectivity index (χ4n) is 2.76. The maximum Gasteiger partial charge on any atom is 0.573 e. The van der Waals surface area contributed by atoms with E-state index in [1.165, 1.54) is 12.1 Å². The van der Waals surface area contributed by atoms with Crippen molar-refractivity contribution in [2.75, 3.05) is 5.32 Å². The first-order valence-electron chi connectivity index (χ1n) is 8.83. The number of nitrogens with one attached hydrogen (secondary N) is 2. The zero-order valence-corrected chi connectivity index (χ0v) is 15.4. The minimum absolute atomic E-state index is 0.338. The summed E-state index contributed by atoms with van der Waals surface area (Å²) in [6.07, 6.45) is -3.20. The van der Waals surface area contributed by atoms with Gasteiger partial charge in [0.1, 0.15) is 11.5 Å². The first kappa shape index (κ1) is 20.5. The summed E-state index contributed by atoms with van der Waals surface area (Å²) >= 11 is 0. The Labute approximate surface area is 165 Å². The van der Waals surface area contributed by atoms with Crippen molar-refractivity contribution in [2.24, 2.45) is 0 Å². The van der Waals surface area contributed by atoms with Gasteiger partial charge in [0.25, 0.3) is 0 Å². The van der Waals surface area contributed by atoms with Crippen LogP contribution in [0.5, 0.6) is 5.75 Å². The molecule has 2 aromatic carbocycles. The van der Waals surface area contributed by atoms with Gasteiger partial charge in [-0.15, -0.1) is 13.2 Å². The van der Waals surface area contributed by atoms with Crippen LogP contribution in [-0.4, -0.2) is 18.3 Å².